The first-order chi connectivity index (χ1) is 11.2. The average molecular weight is 337 g/mol. The minimum atomic E-state index is 0.176. The van der Waals surface area contributed by atoms with Crippen LogP contribution in [-0.4, -0.2) is 54.6 Å². The molecule has 1 aromatic rings. The fraction of sp³-hybridized carbons (Fsp3) is 0.647. The van der Waals surface area contributed by atoms with Crippen molar-refractivity contribution in [2.45, 2.75) is 38.1 Å². The van der Waals surface area contributed by atoms with Crippen LogP contribution in [0.1, 0.15) is 32.1 Å². The Hall–Kier alpha value is -1.33. The first-order valence-electron chi connectivity index (χ1n) is 8.59. The Balaban J connectivity index is 1.41. The molecule has 1 aromatic heterocycles. The molecular weight excluding hydrogens is 312 g/mol. The fourth-order valence-electron chi connectivity index (χ4n) is 3.41. The van der Waals surface area contributed by atoms with E-state index in [4.69, 9.17) is 11.6 Å². The van der Waals surface area contributed by atoms with E-state index in [0.29, 0.717) is 17.6 Å². The lowest BCUT2D eigenvalue weighted by Crippen LogP contribution is -2.50. The number of nitrogens with one attached hydrogen (secondary N) is 1. The second kappa shape index (κ2) is 7.97. The Labute approximate surface area is 143 Å². The second-order valence-corrected chi connectivity index (χ2v) is 6.94. The quantitative estimate of drug-likeness (QED) is 0.916. The van der Waals surface area contributed by atoms with Gasteiger partial charge in [-0.3, -0.25) is 9.69 Å². The zero-order valence-corrected chi connectivity index (χ0v) is 14.3. The highest BCUT2D eigenvalue weighted by molar-refractivity contribution is 6.30. The number of aromatic nitrogens is 1. The van der Waals surface area contributed by atoms with Gasteiger partial charge in [0.1, 0.15) is 5.82 Å². The fourth-order valence-corrected chi connectivity index (χ4v) is 3.53. The van der Waals surface area contributed by atoms with E-state index < -0.39 is 0 Å². The summed E-state index contributed by atoms with van der Waals surface area (Å²) in [6.07, 6.45) is 7.77. The van der Waals surface area contributed by atoms with Crippen LogP contribution in [0, 0.1) is 0 Å². The molecule has 1 aliphatic carbocycles. The van der Waals surface area contributed by atoms with E-state index in [0.717, 1.165) is 44.8 Å². The van der Waals surface area contributed by atoms with E-state index in [1.165, 1.54) is 19.3 Å². The van der Waals surface area contributed by atoms with Crippen molar-refractivity contribution in [2.75, 3.05) is 37.6 Å². The summed E-state index contributed by atoms with van der Waals surface area (Å²) in [5, 5.41) is 3.85. The predicted octanol–water partition coefficient (Wildman–Crippen LogP) is 2.31. The highest BCUT2D eigenvalue weighted by Gasteiger charge is 2.21. The highest BCUT2D eigenvalue weighted by atomic mass is 35.5. The van der Waals surface area contributed by atoms with Crippen LogP contribution in [0.15, 0.2) is 18.3 Å². The molecule has 3 rings (SSSR count). The molecule has 0 unspecified atom stereocenters. The Morgan fingerprint density at radius 3 is 2.57 bits per heavy atom. The van der Waals surface area contributed by atoms with E-state index >= 15 is 0 Å². The number of anilines is 1. The van der Waals surface area contributed by atoms with Crippen molar-refractivity contribution < 1.29 is 4.79 Å². The molecule has 1 aliphatic heterocycles. The smallest absolute Gasteiger partial charge is 0.234 e. The van der Waals surface area contributed by atoms with Gasteiger partial charge in [0.15, 0.2) is 0 Å². The van der Waals surface area contributed by atoms with Crippen molar-refractivity contribution in [1.29, 1.82) is 0 Å². The maximum absolute atomic E-state index is 12.2. The standard InChI is InChI=1S/C17H25ClN4O/c18-14-6-7-16(19-12-14)22-10-8-21(9-11-22)13-17(23)20-15-4-2-1-3-5-15/h6-7,12,15H,1-5,8-11,13H2,(H,20,23). The zero-order chi connectivity index (χ0) is 16.1. The molecule has 1 saturated heterocycles. The van der Waals surface area contributed by atoms with Crippen molar-refractivity contribution >= 4 is 23.3 Å². The van der Waals surface area contributed by atoms with Crippen molar-refractivity contribution in [3.8, 4) is 0 Å². The number of hydrogen-bond donors (Lipinski definition) is 1. The Kier molecular flexibility index (Phi) is 5.73. The molecule has 23 heavy (non-hydrogen) atoms. The highest BCUT2D eigenvalue weighted by Crippen LogP contribution is 2.18. The third-order valence-corrected chi connectivity index (χ3v) is 4.97. The number of pyridine rings is 1. The molecule has 0 atom stereocenters. The van der Waals surface area contributed by atoms with Gasteiger partial charge in [-0.1, -0.05) is 30.9 Å². The molecule has 1 N–H and O–H groups in total. The molecule has 5 nitrogen and oxygen atoms in total. The van der Waals surface area contributed by atoms with E-state index in [-0.39, 0.29) is 5.91 Å². The molecule has 2 aliphatic rings. The SMILES string of the molecule is O=C(CN1CCN(c2ccc(Cl)cn2)CC1)NC1CCCCC1. The van der Waals surface area contributed by atoms with Gasteiger partial charge in [-0.25, -0.2) is 4.98 Å². The Bertz CT molecular complexity index is 508. The van der Waals surface area contributed by atoms with E-state index in [1.54, 1.807) is 6.20 Å². The van der Waals surface area contributed by atoms with Gasteiger partial charge in [0.05, 0.1) is 11.6 Å². The summed E-state index contributed by atoms with van der Waals surface area (Å²) in [5.41, 5.74) is 0. The third kappa shape index (κ3) is 4.82. The predicted molar refractivity (Wildman–Crippen MR) is 92.9 cm³/mol. The van der Waals surface area contributed by atoms with Crippen LogP contribution >= 0.6 is 11.6 Å². The topological polar surface area (TPSA) is 48.5 Å². The Morgan fingerprint density at radius 2 is 1.91 bits per heavy atom. The number of piperazine rings is 1. The van der Waals surface area contributed by atoms with Crippen LogP contribution in [0.25, 0.3) is 0 Å². The maximum Gasteiger partial charge on any atom is 0.234 e. The molecule has 2 heterocycles. The molecule has 6 heteroatoms. The monoisotopic (exact) mass is 336 g/mol. The number of hydrogen-bond acceptors (Lipinski definition) is 4. The maximum atomic E-state index is 12.2. The van der Waals surface area contributed by atoms with Gasteiger partial charge in [0.25, 0.3) is 0 Å². The van der Waals surface area contributed by atoms with E-state index in [9.17, 15) is 4.79 Å². The number of halogens is 1. The Morgan fingerprint density at radius 1 is 1.17 bits per heavy atom. The minimum Gasteiger partial charge on any atom is -0.354 e. The van der Waals surface area contributed by atoms with Crippen molar-refractivity contribution in [3.05, 3.63) is 23.4 Å². The summed E-state index contributed by atoms with van der Waals surface area (Å²) in [7, 11) is 0. The van der Waals surface area contributed by atoms with E-state index in [2.05, 4.69) is 20.1 Å². The number of carbonyl (C=O) groups is 1. The molecule has 2 fully saturated rings. The van der Waals surface area contributed by atoms with Crippen LogP contribution in [0.2, 0.25) is 5.02 Å². The lowest BCUT2D eigenvalue weighted by molar-refractivity contribution is -0.123. The minimum absolute atomic E-state index is 0.176. The zero-order valence-electron chi connectivity index (χ0n) is 13.5. The lowest BCUT2D eigenvalue weighted by atomic mass is 9.95. The molecule has 0 radical (unpaired) electrons. The van der Waals surface area contributed by atoms with Gasteiger partial charge in [-0.15, -0.1) is 0 Å². The summed E-state index contributed by atoms with van der Waals surface area (Å²) in [6, 6.07) is 4.22. The van der Waals surface area contributed by atoms with Crippen LogP contribution in [-0.2, 0) is 4.79 Å². The molecule has 0 spiro atoms. The molecular formula is C17H25ClN4O. The second-order valence-electron chi connectivity index (χ2n) is 6.50. The van der Waals surface area contributed by atoms with Crippen LogP contribution in [0.4, 0.5) is 5.82 Å². The largest absolute Gasteiger partial charge is 0.354 e. The van der Waals surface area contributed by atoms with E-state index in [1.807, 2.05) is 12.1 Å². The molecule has 126 valence electrons. The molecule has 1 amide bonds. The number of rotatable bonds is 4. The van der Waals surface area contributed by atoms with Gasteiger partial charge in [-0.2, -0.15) is 0 Å². The number of nitrogens with zero attached hydrogens (tertiary/aromatic N) is 3. The molecule has 0 aromatic carbocycles. The molecule has 0 bridgehead atoms. The number of amides is 1. The van der Waals surface area contributed by atoms with Crippen molar-refractivity contribution in [2.24, 2.45) is 0 Å². The van der Waals surface area contributed by atoms with Crippen LogP contribution in [0.5, 0.6) is 0 Å². The normalized spacial score (nSPS) is 20.5. The molecule has 1 saturated carbocycles. The van der Waals surface area contributed by atoms with Gasteiger partial charge in [0.2, 0.25) is 5.91 Å². The van der Waals surface area contributed by atoms with Crippen LogP contribution < -0.4 is 10.2 Å². The third-order valence-electron chi connectivity index (χ3n) is 4.75. The first-order valence-corrected chi connectivity index (χ1v) is 8.97. The summed E-state index contributed by atoms with van der Waals surface area (Å²) in [6.45, 7) is 4.08. The van der Waals surface area contributed by atoms with Crippen LogP contribution in [0.3, 0.4) is 0 Å². The van der Waals surface area contributed by atoms with Gasteiger partial charge in [0, 0.05) is 38.4 Å². The van der Waals surface area contributed by atoms with Crippen molar-refractivity contribution in [3.63, 3.8) is 0 Å². The van der Waals surface area contributed by atoms with Crippen molar-refractivity contribution in [1.82, 2.24) is 15.2 Å². The van der Waals surface area contributed by atoms with Gasteiger partial charge in [-0.05, 0) is 25.0 Å². The average Bonchev–Trinajstić information content (AvgIpc) is 2.57. The summed E-state index contributed by atoms with van der Waals surface area (Å²) in [5.74, 6) is 1.13. The number of carbonyl (C=O) groups excluding carboxylic acids is 1. The summed E-state index contributed by atoms with van der Waals surface area (Å²) >= 11 is 5.88. The van der Waals surface area contributed by atoms with Gasteiger partial charge < -0.3 is 10.2 Å². The first kappa shape index (κ1) is 16.5. The van der Waals surface area contributed by atoms with Gasteiger partial charge >= 0.3 is 0 Å². The summed E-state index contributed by atoms with van der Waals surface area (Å²) < 4.78 is 0. The lowest BCUT2D eigenvalue weighted by Gasteiger charge is -2.35. The summed E-state index contributed by atoms with van der Waals surface area (Å²) in [4.78, 5) is 21.0.